The van der Waals surface area contributed by atoms with Crippen molar-refractivity contribution in [1.29, 1.82) is 0 Å². The standard InChI is InChI=1S/C20H14ClFN2OS/c1-11-3-2-4-14(21)17(11)19-20(25)18-15(10-23-19)26-16(24-18)9-12-5-7-13(22)8-6-12/h2-8,10,19H,9H2,1H3. The van der Waals surface area contributed by atoms with E-state index in [1.54, 1.807) is 24.4 Å². The summed E-state index contributed by atoms with van der Waals surface area (Å²) in [6, 6.07) is 11.2. The smallest absolute Gasteiger partial charge is 0.211 e. The summed E-state index contributed by atoms with van der Waals surface area (Å²) in [5.74, 6) is -0.409. The van der Waals surface area contributed by atoms with Gasteiger partial charge in [-0.05, 0) is 36.2 Å². The number of aryl methyl sites for hydroxylation is 1. The second-order valence-electron chi connectivity index (χ2n) is 6.14. The molecule has 6 heteroatoms. The molecule has 0 saturated carbocycles. The van der Waals surface area contributed by atoms with Crippen LogP contribution >= 0.6 is 22.9 Å². The van der Waals surface area contributed by atoms with Gasteiger partial charge in [0.2, 0.25) is 5.78 Å². The number of Topliss-reactive ketones (excluding diaryl/α,β-unsaturated/α-hetero) is 1. The van der Waals surface area contributed by atoms with Gasteiger partial charge in [-0.15, -0.1) is 11.3 Å². The molecule has 1 unspecified atom stereocenters. The summed E-state index contributed by atoms with van der Waals surface area (Å²) in [4.78, 5) is 22.7. The lowest BCUT2D eigenvalue weighted by Crippen LogP contribution is -2.18. The van der Waals surface area contributed by atoms with Gasteiger partial charge >= 0.3 is 0 Å². The van der Waals surface area contributed by atoms with Crippen LogP contribution in [0, 0.1) is 12.7 Å². The molecular formula is C20H14ClFN2OS. The van der Waals surface area contributed by atoms with Gasteiger partial charge in [0.25, 0.3) is 0 Å². The highest BCUT2D eigenvalue weighted by Gasteiger charge is 2.31. The topological polar surface area (TPSA) is 42.3 Å². The Hall–Kier alpha value is -2.37. The van der Waals surface area contributed by atoms with Crippen LogP contribution in [-0.4, -0.2) is 17.0 Å². The summed E-state index contributed by atoms with van der Waals surface area (Å²) in [5.41, 5.74) is 3.04. The van der Waals surface area contributed by atoms with Crippen LogP contribution < -0.4 is 0 Å². The summed E-state index contributed by atoms with van der Waals surface area (Å²) >= 11 is 7.74. The highest BCUT2D eigenvalue weighted by atomic mass is 35.5. The van der Waals surface area contributed by atoms with Crippen LogP contribution in [0.4, 0.5) is 4.39 Å². The van der Waals surface area contributed by atoms with Crippen molar-refractivity contribution in [2.75, 3.05) is 0 Å². The first kappa shape index (κ1) is 17.1. The normalized spacial score (nSPS) is 16.0. The number of carbonyl (C=O) groups excluding carboxylic acids is 1. The number of halogens is 2. The lowest BCUT2D eigenvalue weighted by atomic mass is 9.95. The summed E-state index contributed by atoms with van der Waals surface area (Å²) in [6.07, 6.45) is 2.25. The van der Waals surface area contributed by atoms with Crippen LogP contribution in [-0.2, 0) is 6.42 Å². The molecule has 26 heavy (non-hydrogen) atoms. The SMILES string of the molecule is Cc1cccc(Cl)c1C1N=Cc2sc(Cc3ccc(F)cc3)nc2C1=O. The van der Waals surface area contributed by atoms with Crippen LogP contribution in [0.25, 0.3) is 0 Å². The Bertz CT molecular complexity index is 1010. The Balaban J connectivity index is 1.65. The molecule has 0 spiro atoms. The molecule has 1 aliphatic heterocycles. The number of rotatable bonds is 3. The fraction of sp³-hybridized carbons (Fsp3) is 0.150. The van der Waals surface area contributed by atoms with Crippen LogP contribution in [0.1, 0.15) is 43.1 Å². The van der Waals surface area contributed by atoms with Crippen LogP contribution in [0.5, 0.6) is 0 Å². The molecule has 1 aliphatic rings. The Morgan fingerprint density at radius 1 is 1.19 bits per heavy atom. The second-order valence-corrected chi connectivity index (χ2v) is 7.66. The minimum absolute atomic E-state index is 0.139. The lowest BCUT2D eigenvalue weighted by molar-refractivity contribution is 0.0956. The minimum atomic E-state index is -0.656. The van der Waals surface area contributed by atoms with Gasteiger partial charge < -0.3 is 0 Å². The van der Waals surface area contributed by atoms with Gasteiger partial charge in [-0.1, -0.05) is 35.9 Å². The maximum absolute atomic E-state index is 13.0. The van der Waals surface area contributed by atoms with E-state index in [-0.39, 0.29) is 11.6 Å². The van der Waals surface area contributed by atoms with Crippen molar-refractivity contribution in [3.05, 3.63) is 85.6 Å². The van der Waals surface area contributed by atoms with E-state index in [4.69, 9.17) is 11.6 Å². The van der Waals surface area contributed by atoms with Crippen molar-refractivity contribution in [3.8, 4) is 0 Å². The van der Waals surface area contributed by atoms with E-state index in [1.807, 2.05) is 19.1 Å². The second kappa shape index (κ2) is 6.74. The summed E-state index contributed by atoms with van der Waals surface area (Å²) in [6.45, 7) is 1.92. The number of carbonyl (C=O) groups is 1. The zero-order chi connectivity index (χ0) is 18.3. The Kier molecular flexibility index (Phi) is 4.42. The van der Waals surface area contributed by atoms with Crippen molar-refractivity contribution < 1.29 is 9.18 Å². The molecule has 2 aromatic carbocycles. The van der Waals surface area contributed by atoms with Gasteiger partial charge in [0.1, 0.15) is 17.6 Å². The number of hydrogen-bond donors (Lipinski definition) is 0. The van der Waals surface area contributed by atoms with E-state index in [1.165, 1.54) is 23.5 Å². The number of thiazole rings is 1. The molecule has 0 N–H and O–H groups in total. The van der Waals surface area contributed by atoms with Crippen molar-refractivity contribution in [1.82, 2.24) is 4.98 Å². The summed E-state index contributed by atoms with van der Waals surface area (Å²) in [7, 11) is 0. The first-order chi connectivity index (χ1) is 12.5. The van der Waals surface area contributed by atoms with E-state index in [9.17, 15) is 9.18 Å². The number of ketones is 1. The molecule has 0 aliphatic carbocycles. The van der Waals surface area contributed by atoms with Gasteiger partial charge in [0.15, 0.2) is 0 Å². The average Bonchev–Trinajstić information content (AvgIpc) is 3.02. The van der Waals surface area contributed by atoms with Crippen LogP contribution in [0.2, 0.25) is 5.02 Å². The Labute approximate surface area is 159 Å². The third kappa shape index (κ3) is 3.08. The Morgan fingerprint density at radius 3 is 2.69 bits per heavy atom. The fourth-order valence-corrected chi connectivity index (χ4v) is 4.34. The monoisotopic (exact) mass is 384 g/mol. The van der Waals surface area contributed by atoms with Gasteiger partial charge in [-0.2, -0.15) is 0 Å². The molecule has 130 valence electrons. The molecule has 1 aromatic heterocycles. The van der Waals surface area contributed by atoms with E-state index in [0.29, 0.717) is 17.1 Å². The van der Waals surface area contributed by atoms with Gasteiger partial charge in [-0.3, -0.25) is 9.79 Å². The zero-order valence-corrected chi connectivity index (χ0v) is 15.4. The van der Waals surface area contributed by atoms with Gasteiger partial charge in [0.05, 0.1) is 9.88 Å². The molecule has 0 radical (unpaired) electrons. The number of benzene rings is 2. The third-order valence-corrected chi connectivity index (χ3v) is 5.65. The number of aromatic nitrogens is 1. The molecule has 0 fully saturated rings. The van der Waals surface area contributed by atoms with Gasteiger partial charge in [0, 0.05) is 23.2 Å². The number of fused-ring (bicyclic) bond motifs is 1. The predicted octanol–water partition coefficient (Wildman–Crippen LogP) is 5.19. The zero-order valence-electron chi connectivity index (χ0n) is 13.9. The molecule has 0 bridgehead atoms. The lowest BCUT2D eigenvalue weighted by Gasteiger charge is -2.17. The van der Waals surface area contributed by atoms with Gasteiger partial charge in [-0.25, -0.2) is 9.37 Å². The molecule has 2 heterocycles. The van der Waals surface area contributed by atoms with Crippen molar-refractivity contribution in [3.63, 3.8) is 0 Å². The number of hydrogen-bond acceptors (Lipinski definition) is 4. The quantitative estimate of drug-likeness (QED) is 0.623. The third-order valence-electron chi connectivity index (χ3n) is 4.33. The molecule has 1 atom stereocenters. The first-order valence-corrected chi connectivity index (χ1v) is 9.29. The predicted molar refractivity (Wildman–Crippen MR) is 102 cm³/mol. The van der Waals surface area contributed by atoms with E-state index < -0.39 is 6.04 Å². The molecule has 0 amide bonds. The highest BCUT2D eigenvalue weighted by Crippen LogP contribution is 2.35. The molecule has 0 saturated heterocycles. The number of aliphatic imine (C=N–C) groups is 1. The molecule has 3 nitrogen and oxygen atoms in total. The minimum Gasteiger partial charge on any atom is -0.290 e. The average molecular weight is 385 g/mol. The van der Waals surface area contributed by atoms with E-state index >= 15 is 0 Å². The van der Waals surface area contributed by atoms with Crippen molar-refractivity contribution >= 4 is 34.9 Å². The van der Waals surface area contributed by atoms with Crippen LogP contribution in [0.3, 0.4) is 0 Å². The fourth-order valence-electron chi connectivity index (χ4n) is 3.03. The summed E-state index contributed by atoms with van der Waals surface area (Å²) < 4.78 is 13.0. The first-order valence-electron chi connectivity index (χ1n) is 8.09. The molecule has 3 aromatic rings. The Morgan fingerprint density at radius 2 is 1.96 bits per heavy atom. The van der Waals surface area contributed by atoms with E-state index in [0.717, 1.165) is 26.6 Å². The highest BCUT2D eigenvalue weighted by molar-refractivity contribution is 7.13. The number of nitrogens with zero attached hydrogens (tertiary/aromatic N) is 2. The van der Waals surface area contributed by atoms with Crippen molar-refractivity contribution in [2.45, 2.75) is 19.4 Å². The van der Waals surface area contributed by atoms with E-state index in [2.05, 4.69) is 9.98 Å². The largest absolute Gasteiger partial charge is 0.290 e. The van der Waals surface area contributed by atoms with Crippen LogP contribution in [0.15, 0.2) is 47.5 Å². The maximum Gasteiger partial charge on any atom is 0.211 e. The molecule has 4 rings (SSSR count). The molecular weight excluding hydrogens is 371 g/mol. The summed E-state index contributed by atoms with van der Waals surface area (Å²) in [5, 5.41) is 1.34. The maximum atomic E-state index is 13.0. The van der Waals surface area contributed by atoms with Crippen molar-refractivity contribution in [2.24, 2.45) is 4.99 Å².